The van der Waals surface area contributed by atoms with Gasteiger partial charge in [0, 0.05) is 42.3 Å². The van der Waals surface area contributed by atoms with Crippen LogP contribution in [-0.4, -0.2) is 33.8 Å². The molecule has 31 heavy (non-hydrogen) atoms. The van der Waals surface area contributed by atoms with Gasteiger partial charge < -0.3 is 10.6 Å². The number of fused-ring (bicyclic) bond motifs is 1. The Hall–Kier alpha value is -2.07. The average molecular weight is 548 g/mol. The van der Waals surface area contributed by atoms with E-state index < -0.39 is 0 Å². The Labute approximate surface area is 205 Å². The molecule has 1 atom stereocenters. The molecule has 0 fully saturated rings. The van der Waals surface area contributed by atoms with E-state index in [4.69, 9.17) is 0 Å². The minimum absolute atomic E-state index is 0. The molecule has 0 spiro atoms. The number of aryl methyl sites for hydroxylation is 2. The first kappa shape index (κ1) is 23.6. The molecule has 8 heteroatoms. The van der Waals surface area contributed by atoms with Crippen molar-refractivity contribution in [2.24, 2.45) is 4.99 Å². The van der Waals surface area contributed by atoms with E-state index in [-0.39, 0.29) is 24.0 Å². The predicted molar refractivity (Wildman–Crippen MR) is 137 cm³/mol. The number of guanidine groups is 1. The number of benzene rings is 2. The van der Waals surface area contributed by atoms with E-state index in [1.165, 1.54) is 15.4 Å². The standard InChI is InChI=1S/C23H28N6S.HI/c1-3-21-27-22-14-11-18(16-29(22)28-21)26-23(24-2)25-15-17-9-12-20(13-10-17)30-19-7-5-4-6-8-19;/h4-10,12-13,18H,3,11,14-16H2,1-2H3,(H2,24,25,26);1H. The van der Waals surface area contributed by atoms with Crippen LogP contribution in [-0.2, 0) is 25.9 Å². The fraction of sp³-hybridized carbons (Fsp3) is 0.348. The van der Waals surface area contributed by atoms with E-state index in [0.717, 1.165) is 50.0 Å². The zero-order chi connectivity index (χ0) is 20.8. The van der Waals surface area contributed by atoms with Gasteiger partial charge in [-0.2, -0.15) is 5.10 Å². The fourth-order valence-corrected chi connectivity index (χ4v) is 4.34. The molecule has 1 unspecified atom stereocenters. The smallest absolute Gasteiger partial charge is 0.191 e. The third-order valence-electron chi connectivity index (χ3n) is 5.14. The van der Waals surface area contributed by atoms with E-state index in [2.05, 4.69) is 81.2 Å². The van der Waals surface area contributed by atoms with Crippen molar-refractivity contribution in [2.45, 2.75) is 55.1 Å². The lowest BCUT2D eigenvalue weighted by atomic mass is 10.1. The molecular formula is C23H29IN6S. The van der Waals surface area contributed by atoms with E-state index in [1.807, 2.05) is 17.8 Å². The summed E-state index contributed by atoms with van der Waals surface area (Å²) in [7, 11) is 1.81. The number of hydrogen-bond acceptors (Lipinski definition) is 4. The van der Waals surface area contributed by atoms with E-state index >= 15 is 0 Å². The Balaban J connectivity index is 0.00000272. The highest BCUT2D eigenvalue weighted by atomic mass is 127. The van der Waals surface area contributed by atoms with Crippen molar-refractivity contribution < 1.29 is 0 Å². The molecule has 1 aliphatic heterocycles. The van der Waals surface area contributed by atoms with Crippen LogP contribution in [0.2, 0.25) is 0 Å². The lowest BCUT2D eigenvalue weighted by Gasteiger charge is -2.25. The second kappa shape index (κ2) is 11.5. The van der Waals surface area contributed by atoms with Crippen molar-refractivity contribution in [3.05, 3.63) is 71.8 Å². The molecule has 0 saturated carbocycles. The molecule has 0 bridgehead atoms. The molecule has 2 aromatic carbocycles. The van der Waals surface area contributed by atoms with E-state index in [1.54, 1.807) is 11.8 Å². The minimum Gasteiger partial charge on any atom is -0.352 e. The van der Waals surface area contributed by atoms with Crippen molar-refractivity contribution in [3.8, 4) is 0 Å². The van der Waals surface area contributed by atoms with Crippen LogP contribution >= 0.6 is 35.7 Å². The highest BCUT2D eigenvalue weighted by molar-refractivity contribution is 14.0. The number of halogens is 1. The third kappa shape index (κ3) is 6.46. The Morgan fingerprint density at radius 1 is 1.13 bits per heavy atom. The lowest BCUT2D eigenvalue weighted by molar-refractivity contribution is 0.392. The molecule has 3 aromatic rings. The van der Waals surface area contributed by atoms with Crippen LogP contribution in [0.3, 0.4) is 0 Å². The number of hydrogen-bond donors (Lipinski definition) is 2. The molecule has 4 rings (SSSR count). The maximum atomic E-state index is 4.59. The first-order valence-electron chi connectivity index (χ1n) is 10.4. The molecule has 0 radical (unpaired) electrons. The number of nitrogens with zero attached hydrogens (tertiary/aromatic N) is 4. The SMILES string of the molecule is CCc1nc2n(n1)CC(NC(=NC)NCc1ccc(Sc3ccccc3)cc1)CC2.I. The van der Waals surface area contributed by atoms with Crippen LogP contribution in [0.25, 0.3) is 0 Å². The number of nitrogens with one attached hydrogen (secondary N) is 2. The van der Waals surface area contributed by atoms with Crippen LogP contribution in [0.1, 0.15) is 30.6 Å². The number of rotatable bonds is 6. The quantitative estimate of drug-likeness (QED) is 0.274. The zero-order valence-corrected chi connectivity index (χ0v) is 21.1. The molecule has 1 aliphatic rings. The monoisotopic (exact) mass is 548 g/mol. The summed E-state index contributed by atoms with van der Waals surface area (Å²) in [6, 6.07) is 19.4. The summed E-state index contributed by atoms with van der Waals surface area (Å²) in [5.74, 6) is 2.85. The highest BCUT2D eigenvalue weighted by Gasteiger charge is 2.22. The predicted octanol–water partition coefficient (Wildman–Crippen LogP) is 4.29. The van der Waals surface area contributed by atoms with Crippen LogP contribution in [0.15, 0.2) is 69.4 Å². The van der Waals surface area contributed by atoms with Gasteiger partial charge in [0.2, 0.25) is 0 Å². The lowest BCUT2D eigenvalue weighted by Crippen LogP contribution is -2.46. The van der Waals surface area contributed by atoms with Crippen LogP contribution < -0.4 is 10.6 Å². The summed E-state index contributed by atoms with van der Waals surface area (Å²) in [4.78, 5) is 11.5. The summed E-state index contributed by atoms with van der Waals surface area (Å²) in [5.41, 5.74) is 1.23. The average Bonchev–Trinajstić information content (AvgIpc) is 3.21. The Morgan fingerprint density at radius 3 is 2.58 bits per heavy atom. The van der Waals surface area contributed by atoms with Crippen LogP contribution in [0.5, 0.6) is 0 Å². The van der Waals surface area contributed by atoms with Gasteiger partial charge >= 0.3 is 0 Å². The van der Waals surface area contributed by atoms with Crippen molar-refractivity contribution >= 4 is 41.7 Å². The van der Waals surface area contributed by atoms with Gasteiger partial charge in [-0.1, -0.05) is 49.0 Å². The zero-order valence-electron chi connectivity index (χ0n) is 17.9. The van der Waals surface area contributed by atoms with Crippen molar-refractivity contribution in [1.82, 2.24) is 25.4 Å². The molecule has 0 saturated heterocycles. The summed E-state index contributed by atoms with van der Waals surface area (Å²) in [6.45, 7) is 3.65. The first-order chi connectivity index (χ1) is 14.7. The second-order valence-corrected chi connectivity index (χ2v) is 8.49. The van der Waals surface area contributed by atoms with Gasteiger partial charge in [-0.05, 0) is 36.2 Å². The highest BCUT2D eigenvalue weighted by Crippen LogP contribution is 2.27. The number of aliphatic imine (C=N–C) groups is 1. The minimum atomic E-state index is 0. The summed E-state index contributed by atoms with van der Waals surface area (Å²) in [6.07, 6.45) is 2.86. The number of aromatic nitrogens is 3. The van der Waals surface area contributed by atoms with Gasteiger partial charge in [-0.25, -0.2) is 9.67 Å². The molecule has 2 N–H and O–H groups in total. The molecule has 164 valence electrons. The second-order valence-electron chi connectivity index (χ2n) is 7.34. The van der Waals surface area contributed by atoms with E-state index in [0.29, 0.717) is 6.04 Å². The van der Waals surface area contributed by atoms with Gasteiger partial charge in [0.15, 0.2) is 11.8 Å². The van der Waals surface area contributed by atoms with Crippen molar-refractivity contribution in [2.75, 3.05) is 7.05 Å². The summed E-state index contributed by atoms with van der Waals surface area (Å²) in [5, 5.41) is 11.6. The van der Waals surface area contributed by atoms with Gasteiger partial charge in [0.05, 0.1) is 6.54 Å². The fourth-order valence-electron chi connectivity index (χ4n) is 3.50. The molecule has 0 amide bonds. The Morgan fingerprint density at radius 2 is 1.87 bits per heavy atom. The van der Waals surface area contributed by atoms with E-state index in [9.17, 15) is 0 Å². The molecule has 0 aliphatic carbocycles. The van der Waals surface area contributed by atoms with Crippen molar-refractivity contribution in [1.29, 1.82) is 0 Å². The normalized spacial score (nSPS) is 15.7. The largest absolute Gasteiger partial charge is 0.352 e. The van der Waals surface area contributed by atoms with Gasteiger partial charge in [0.1, 0.15) is 5.82 Å². The van der Waals surface area contributed by atoms with Gasteiger partial charge in [-0.3, -0.25) is 4.99 Å². The molecule has 2 heterocycles. The maximum absolute atomic E-state index is 4.59. The molecule has 6 nitrogen and oxygen atoms in total. The first-order valence-corrected chi connectivity index (χ1v) is 11.3. The van der Waals surface area contributed by atoms with Gasteiger partial charge in [-0.15, -0.1) is 24.0 Å². The van der Waals surface area contributed by atoms with Crippen molar-refractivity contribution in [3.63, 3.8) is 0 Å². The molecule has 1 aromatic heterocycles. The van der Waals surface area contributed by atoms with Gasteiger partial charge in [0.25, 0.3) is 0 Å². The molecular weight excluding hydrogens is 519 g/mol. The summed E-state index contributed by atoms with van der Waals surface area (Å²) < 4.78 is 2.04. The Bertz CT molecular complexity index is 987. The maximum Gasteiger partial charge on any atom is 0.191 e. The summed E-state index contributed by atoms with van der Waals surface area (Å²) >= 11 is 1.78. The Kier molecular flexibility index (Phi) is 8.77. The van der Waals surface area contributed by atoms with Crippen LogP contribution in [0.4, 0.5) is 0 Å². The van der Waals surface area contributed by atoms with Crippen LogP contribution in [0, 0.1) is 0 Å². The third-order valence-corrected chi connectivity index (χ3v) is 6.16. The topological polar surface area (TPSA) is 67.1 Å².